The molecule has 3 aromatic rings. The summed E-state index contributed by atoms with van der Waals surface area (Å²) < 4.78 is 5.24. The first kappa shape index (κ1) is 20.3. The summed E-state index contributed by atoms with van der Waals surface area (Å²) in [5, 5.41) is 2.72. The first-order valence-electron chi connectivity index (χ1n) is 9.98. The minimum Gasteiger partial charge on any atom is -0.449 e. The molecule has 3 rings (SSSR count). The fourth-order valence-corrected chi connectivity index (χ4v) is 3.05. The Bertz CT molecular complexity index is 852. The standard InChI is InChI=1S/C25H26N2O2/c28-25(27-23-15-7-4-8-16-23)29-19-10-2-1-9-17-24(21-12-5-3-6-13-21)22-14-11-18-26-20-22/h3-8,11-18,20H,1-2,9-10,19H2,(H,27,28). The number of hydrogen-bond donors (Lipinski definition) is 1. The van der Waals surface area contributed by atoms with E-state index in [0.29, 0.717) is 6.61 Å². The highest BCUT2D eigenvalue weighted by Crippen LogP contribution is 2.23. The first-order chi connectivity index (χ1) is 14.3. The molecule has 0 saturated carbocycles. The summed E-state index contributed by atoms with van der Waals surface area (Å²) in [5.74, 6) is 0. The average molecular weight is 386 g/mol. The van der Waals surface area contributed by atoms with Gasteiger partial charge in [0.2, 0.25) is 0 Å². The van der Waals surface area contributed by atoms with E-state index < -0.39 is 6.09 Å². The van der Waals surface area contributed by atoms with Crippen LogP contribution in [0.4, 0.5) is 10.5 Å². The molecule has 2 aromatic carbocycles. The van der Waals surface area contributed by atoms with Gasteiger partial charge in [-0.15, -0.1) is 0 Å². The van der Waals surface area contributed by atoms with E-state index >= 15 is 0 Å². The van der Waals surface area contributed by atoms with Crippen LogP contribution in [0.5, 0.6) is 0 Å². The molecule has 4 nitrogen and oxygen atoms in total. The largest absolute Gasteiger partial charge is 0.449 e. The van der Waals surface area contributed by atoms with Crippen molar-refractivity contribution in [2.24, 2.45) is 0 Å². The maximum absolute atomic E-state index is 11.8. The summed E-state index contributed by atoms with van der Waals surface area (Å²) in [5.41, 5.74) is 4.27. The van der Waals surface area contributed by atoms with Crippen molar-refractivity contribution in [2.75, 3.05) is 11.9 Å². The van der Waals surface area contributed by atoms with Gasteiger partial charge in [-0.2, -0.15) is 0 Å². The fraction of sp³-hybridized carbons (Fsp3) is 0.200. The van der Waals surface area contributed by atoms with E-state index in [1.54, 1.807) is 6.20 Å². The van der Waals surface area contributed by atoms with Crippen LogP contribution in [0.15, 0.2) is 91.3 Å². The molecule has 0 bridgehead atoms. The highest BCUT2D eigenvalue weighted by atomic mass is 16.5. The van der Waals surface area contributed by atoms with E-state index in [-0.39, 0.29) is 0 Å². The number of pyridine rings is 1. The highest BCUT2D eigenvalue weighted by Gasteiger charge is 2.05. The molecule has 0 saturated heterocycles. The second-order valence-electron chi connectivity index (χ2n) is 6.70. The minimum atomic E-state index is -0.404. The van der Waals surface area contributed by atoms with Gasteiger partial charge in [-0.1, -0.05) is 60.7 Å². The molecule has 0 aliphatic carbocycles. The molecule has 29 heavy (non-hydrogen) atoms. The fourth-order valence-electron chi connectivity index (χ4n) is 3.05. The van der Waals surface area contributed by atoms with Crippen molar-refractivity contribution in [1.82, 2.24) is 4.98 Å². The third-order valence-corrected chi connectivity index (χ3v) is 4.51. The molecule has 1 N–H and O–H groups in total. The Hall–Kier alpha value is -3.40. The molecule has 0 spiro atoms. The SMILES string of the molecule is O=C(Nc1ccccc1)OCCCCCC=C(c1ccccc1)c1cccnc1. The summed E-state index contributed by atoms with van der Waals surface area (Å²) in [6.07, 6.45) is 9.43. The summed E-state index contributed by atoms with van der Waals surface area (Å²) in [6.45, 7) is 0.427. The Labute approximate surface area is 172 Å². The highest BCUT2D eigenvalue weighted by molar-refractivity contribution is 5.84. The van der Waals surface area contributed by atoms with Gasteiger partial charge < -0.3 is 4.74 Å². The van der Waals surface area contributed by atoms with Gasteiger partial charge in [0, 0.05) is 23.6 Å². The molecule has 0 aliphatic rings. The van der Waals surface area contributed by atoms with E-state index in [1.807, 2.05) is 48.7 Å². The number of ether oxygens (including phenoxy) is 1. The van der Waals surface area contributed by atoms with E-state index in [2.05, 4.69) is 46.7 Å². The molecule has 0 unspecified atom stereocenters. The monoisotopic (exact) mass is 386 g/mol. The minimum absolute atomic E-state index is 0.404. The van der Waals surface area contributed by atoms with Crippen molar-refractivity contribution in [3.05, 3.63) is 102 Å². The Morgan fingerprint density at radius 3 is 2.31 bits per heavy atom. The topological polar surface area (TPSA) is 51.2 Å². The third-order valence-electron chi connectivity index (χ3n) is 4.51. The number of unbranched alkanes of at least 4 members (excludes halogenated alkanes) is 3. The Kier molecular flexibility index (Phi) is 8.03. The predicted molar refractivity (Wildman–Crippen MR) is 118 cm³/mol. The average Bonchev–Trinajstić information content (AvgIpc) is 2.77. The van der Waals surface area contributed by atoms with Gasteiger partial charge in [0.05, 0.1) is 6.61 Å². The van der Waals surface area contributed by atoms with Crippen LogP contribution in [0.2, 0.25) is 0 Å². The zero-order chi connectivity index (χ0) is 20.2. The molecule has 1 aromatic heterocycles. The lowest BCUT2D eigenvalue weighted by atomic mass is 9.97. The molecule has 1 heterocycles. The zero-order valence-electron chi connectivity index (χ0n) is 16.5. The third kappa shape index (κ3) is 6.92. The van der Waals surface area contributed by atoms with Crippen LogP contribution in [0.3, 0.4) is 0 Å². The summed E-state index contributed by atoms with van der Waals surface area (Å²) in [4.78, 5) is 16.0. The first-order valence-corrected chi connectivity index (χ1v) is 9.98. The van der Waals surface area contributed by atoms with Crippen molar-refractivity contribution in [2.45, 2.75) is 25.7 Å². The molecule has 4 heteroatoms. The van der Waals surface area contributed by atoms with Crippen LogP contribution >= 0.6 is 0 Å². The van der Waals surface area contributed by atoms with Crippen LogP contribution in [0.25, 0.3) is 5.57 Å². The van der Waals surface area contributed by atoms with Gasteiger partial charge in [0.1, 0.15) is 0 Å². The number of carbonyl (C=O) groups is 1. The van der Waals surface area contributed by atoms with Gasteiger partial charge >= 0.3 is 6.09 Å². The molecule has 1 amide bonds. The summed E-state index contributed by atoms with van der Waals surface area (Å²) in [7, 11) is 0. The lowest BCUT2D eigenvalue weighted by molar-refractivity contribution is 0.159. The molecule has 0 radical (unpaired) electrons. The van der Waals surface area contributed by atoms with Crippen LogP contribution in [0.1, 0.15) is 36.8 Å². The molecule has 0 aliphatic heterocycles. The Morgan fingerprint density at radius 1 is 0.862 bits per heavy atom. The number of benzene rings is 2. The summed E-state index contributed by atoms with van der Waals surface area (Å²) in [6, 6.07) is 23.7. The number of nitrogens with one attached hydrogen (secondary N) is 1. The maximum Gasteiger partial charge on any atom is 0.411 e. The molecular weight excluding hydrogens is 360 g/mol. The van der Waals surface area contributed by atoms with E-state index in [0.717, 1.165) is 36.9 Å². The number of carbonyl (C=O) groups excluding carboxylic acids is 1. The number of para-hydroxylation sites is 1. The number of anilines is 1. The smallest absolute Gasteiger partial charge is 0.411 e. The maximum atomic E-state index is 11.8. The zero-order valence-corrected chi connectivity index (χ0v) is 16.5. The molecular formula is C25H26N2O2. The predicted octanol–water partition coefficient (Wildman–Crippen LogP) is 6.32. The quantitative estimate of drug-likeness (QED) is 0.438. The molecule has 0 atom stereocenters. The number of amides is 1. The lowest BCUT2D eigenvalue weighted by Gasteiger charge is -2.09. The van der Waals surface area contributed by atoms with Crippen molar-refractivity contribution in [1.29, 1.82) is 0 Å². The Balaban J connectivity index is 1.42. The van der Waals surface area contributed by atoms with Crippen LogP contribution in [0, 0.1) is 0 Å². The molecule has 148 valence electrons. The van der Waals surface area contributed by atoms with Gasteiger partial charge in [0.15, 0.2) is 0 Å². The number of hydrogen-bond acceptors (Lipinski definition) is 3. The van der Waals surface area contributed by atoms with Gasteiger partial charge in [-0.05, 0) is 55.0 Å². The van der Waals surface area contributed by atoms with Gasteiger partial charge in [0.25, 0.3) is 0 Å². The second kappa shape index (κ2) is 11.4. The van der Waals surface area contributed by atoms with E-state index in [1.165, 1.54) is 11.1 Å². The van der Waals surface area contributed by atoms with E-state index in [4.69, 9.17) is 4.74 Å². The molecule has 0 fully saturated rings. The van der Waals surface area contributed by atoms with Gasteiger partial charge in [-0.25, -0.2) is 4.79 Å². The summed E-state index contributed by atoms with van der Waals surface area (Å²) >= 11 is 0. The van der Waals surface area contributed by atoms with E-state index in [9.17, 15) is 4.79 Å². The second-order valence-corrected chi connectivity index (χ2v) is 6.70. The number of aromatic nitrogens is 1. The van der Waals surface area contributed by atoms with Crippen LogP contribution < -0.4 is 5.32 Å². The van der Waals surface area contributed by atoms with Crippen molar-refractivity contribution >= 4 is 17.4 Å². The van der Waals surface area contributed by atoms with Crippen molar-refractivity contribution in [3.63, 3.8) is 0 Å². The lowest BCUT2D eigenvalue weighted by Crippen LogP contribution is -2.14. The van der Waals surface area contributed by atoms with Crippen molar-refractivity contribution < 1.29 is 9.53 Å². The number of nitrogens with zero attached hydrogens (tertiary/aromatic N) is 1. The normalized spacial score (nSPS) is 11.1. The number of allylic oxidation sites excluding steroid dienone is 1. The number of rotatable bonds is 9. The Morgan fingerprint density at radius 2 is 1.59 bits per heavy atom. The van der Waals surface area contributed by atoms with Crippen LogP contribution in [-0.2, 0) is 4.74 Å². The van der Waals surface area contributed by atoms with Gasteiger partial charge in [-0.3, -0.25) is 10.3 Å². The van der Waals surface area contributed by atoms with Crippen molar-refractivity contribution in [3.8, 4) is 0 Å². The van der Waals surface area contributed by atoms with Crippen LogP contribution in [-0.4, -0.2) is 17.7 Å².